The Labute approximate surface area is 119 Å². The number of aryl methyl sites for hydroxylation is 1. The minimum Gasteiger partial charge on any atom is -0.379 e. The van der Waals surface area contributed by atoms with Crippen molar-refractivity contribution in [3.8, 4) is 11.1 Å². The number of aliphatic hydroxyl groups excluding tert-OH is 1. The summed E-state index contributed by atoms with van der Waals surface area (Å²) in [5.41, 5.74) is 1.72. The smallest absolute Gasteiger partial charge is 0.379 e. The zero-order valence-corrected chi connectivity index (χ0v) is 11.3. The quantitative estimate of drug-likeness (QED) is 0.818. The lowest BCUT2D eigenvalue weighted by Gasteiger charge is -2.15. The van der Waals surface area contributed by atoms with Crippen LogP contribution in [0.5, 0.6) is 0 Å². The Morgan fingerprint density at radius 2 is 1.57 bits per heavy atom. The van der Waals surface area contributed by atoms with E-state index in [1.165, 1.54) is 30.3 Å². The summed E-state index contributed by atoms with van der Waals surface area (Å²) >= 11 is 0. The van der Waals surface area contributed by atoms with E-state index in [0.717, 1.165) is 5.56 Å². The molecule has 0 heterocycles. The average Bonchev–Trinajstić information content (AvgIpc) is 2.46. The van der Waals surface area contributed by atoms with E-state index in [9.17, 15) is 17.6 Å². The molecular weight excluding hydrogens is 284 g/mol. The van der Waals surface area contributed by atoms with Gasteiger partial charge in [0.15, 0.2) is 6.10 Å². The van der Waals surface area contributed by atoms with Gasteiger partial charge in [-0.3, -0.25) is 0 Å². The molecule has 21 heavy (non-hydrogen) atoms. The molecule has 1 nitrogen and oxygen atoms in total. The Kier molecular flexibility index (Phi) is 4.32. The molecule has 2 rings (SSSR count). The minimum absolute atomic E-state index is 0.218. The van der Waals surface area contributed by atoms with Gasteiger partial charge in [-0.15, -0.1) is 0 Å². The van der Waals surface area contributed by atoms with Gasteiger partial charge in [0.05, 0.1) is 0 Å². The zero-order valence-electron chi connectivity index (χ0n) is 11.3. The summed E-state index contributed by atoms with van der Waals surface area (Å²) in [5, 5.41) is 9.16. The third-order valence-corrected chi connectivity index (χ3v) is 3.30. The Morgan fingerprint density at radius 1 is 1.00 bits per heavy atom. The SMILES string of the molecule is CCc1cc(-c2ccc(C(O)C(F)(F)F)cc2)ccc1F. The van der Waals surface area contributed by atoms with E-state index in [-0.39, 0.29) is 11.4 Å². The number of hydrogen-bond donors (Lipinski definition) is 1. The van der Waals surface area contributed by atoms with Crippen molar-refractivity contribution in [2.75, 3.05) is 0 Å². The molecule has 0 aromatic heterocycles. The van der Waals surface area contributed by atoms with Crippen LogP contribution in [0.25, 0.3) is 11.1 Å². The standard InChI is InChI=1S/C16H14F4O/c1-2-10-9-13(7-8-14(10)17)11-3-5-12(6-4-11)15(21)16(18,19)20/h3-9,15,21H,2H2,1H3. The first-order valence-electron chi connectivity index (χ1n) is 6.46. The Bertz CT molecular complexity index is 617. The number of hydrogen-bond acceptors (Lipinski definition) is 1. The second-order valence-corrected chi connectivity index (χ2v) is 4.73. The lowest BCUT2D eigenvalue weighted by atomic mass is 9.99. The van der Waals surface area contributed by atoms with Crippen LogP contribution in [0.1, 0.15) is 24.2 Å². The second kappa shape index (κ2) is 5.85. The maximum atomic E-state index is 13.4. The second-order valence-electron chi connectivity index (χ2n) is 4.73. The average molecular weight is 298 g/mol. The normalized spacial score (nSPS) is 13.2. The van der Waals surface area contributed by atoms with Crippen molar-refractivity contribution < 1.29 is 22.7 Å². The lowest BCUT2D eigenvalue weighted by Crippen LogP contribution is -2.19. The van der Waals surface area contributed by atoms with Crippen molar-refractivity contribution >= 4 is 0 Å². The molecule has 0 radical (unpaired) electrons. The summed E-state index contributed by atoms with van der Waals surface area (Å²) < 4.78 is 50.7. The van der Waals surface area contributed by atoms with Crippen molar-refractivity contribution in [3.05, 3.63) is 59.4 Å². The van der Waals surface area contributed by atoms with Crippen LogP contribution in [0.2, 0.25) is 0 Å². The molecule has 0 amide bonds. The van der Waals surface area contributed by atoms with Crippen LogP contribution < -0.4 is 0 Å². The van der Waals surface area contributed by atoms with E-state index in [0.29, 0.717) is 17.5 Å². The fraction of sp³-hybridized carbons (Fsp3) is 0.250. The number of alkyl halides is 3. The molecule has 1 N–H and O–H groups in total. The summed E-state index contributed by atoms with van der Waals surface area (Å²) in [6.07, 6.45) is -6.65. The first-order valence-corrected chi connectivity index (χ1v) is 6.46. The number of aliphatic hydroxyl groups is 1. The topological polar surface area (TPSA) is 20.2 Å². The summed E-state index contributed by atoms with van der Waals surface area (Å²) in [7, 11) is 0. The fourth-order valence-corrected chi connectivity index (χ4v) is 2.07. The minimum atomic E-state index is -4.69. The number of halogens is 4. The zero-order chi connectivity index (χ0) is 15.6. The molecule has 0 bridgehead atoms. The highest BCUT2D eigenvalue weighted by Crippen LogP contribution is 2.33. The molecule has 0 aliphatic heterocycles. The van der Waals surface area contributed by atoms with E-state index in [4.69, 9.17) is 5.11 Å². The first-order chi connectivity index (χ1) is 9.82. The molecule has 0 fully saturated rings. The lowest BCUT2D eigenvalue weighted by molar-refractivity contribution is -0.206. The van der Waals surface area contributed by atoms with Crippen molar-refractivity contribution in [2.24, 2.45) is 0 Å². The first kappa shape index (κ1) is 15.5. The van der Waals surface area contributed by atoms with Gasteiger partial charge in [-0.2, -0.15) is 13.2 Å². The van der Waals surface area contributed by atoms with Gasteiger partial charge in [-0.1, -0.05) is 37.3 Å². The maximum Gasteiger partial charge on any atom is 0.418 e. The Hall–Kier alpha value is -1.88. The molecular formula is C16H14F4O. The molecule has 5 heteroatoms. The maximum absolute atomic E-state index is 13.4. The molecule has 0 aliphatic rings. The molecule has 1 unspecified atom stereocenters. The predicted octanol–water partition coefficient (Wildman–Crippen LogP) is 4.65. The highest BCUT2D eigenvalue weighted by atomic mass is 19.4. The summed E-state index contributed by atoms with van der Waals surface area (Å²) in [5.74, 6) is -0.301. The van der Waals surface area contributed by atoms with Crippen LogP contribution in [0, 0.1) is 5.82 Å². The van der Waals surface area contributed by atoms with Crippen molar-refractivity contribution in [1.29, 1.82) is 0 Å². The van der Waals surface area contributed by atoms with Crippen LogP contribution in [-0.2, 0) is 6.42 Å². The van der Waals surface area contributed by atoms with Crippen LogP contribution in [0.15, 0.2) is 42.5 Å². The number of benzene rings is 2. The molecule has 0 saturated heterocycles. The van der Waals surface area contributed by atoms with Gasteiger partial charge in [0, 0.05) is 0 Å². The summed E-state index contributed by atoms with van der Waals surface area (Å²) in [6, 6.07) is 10.00. The van der Waals surface area contributed by atoms with E-state index < -0.39 is 12.3 Å². The van der Waals surface area contributed by atoms with Crippen molar-refractivity contribution in [2.45, 2.75) is 25.6 Å². The van der Waals surface area contributed by atoms with Gasteiger partial charge >= 0.3 is 6.18 Å². The van der Waals surface area contributed by atoms with E-state index in [2.05, 4.69) is 0 Å². The van der Waals surface area contributed by atoms with Gasteiger partial charge in [0.25, 0.3) is 0 Å². The van der Waals surface area contributed by atoms with Gasteiger partial charge < -0.3 is 5.11 Å². The third kappa shape index (κ3) is 3.42. The summed E-state index contributed by atoms with van der Waals surface area (Å²) in [4.78, 5) is 0. The van der Waals surface area contributed by atoms with Crippen molar-refractivity contribution in [1.82, 2.24) is 0 Å². The Morgan fingerprint density at radius 3 is 2.10 bits per heavy atom. The van der Waals surface area contributed by atoms with Crippen LogP contribution in [-0.4, -0.2) is 11.3 Å². The van der Waals surface area contributed by atoms with Crippen LogP contribution >= 0.6 is 0 Å². The molecule has 2 aromatic rings. The molecule has 2 aromatic carbocycles. The van der Waals surface area contributed by atoms with Crippen LogP contribution in [0.4, 0.5) is 17.6 Å². The van der Waals surface area contributed by atoms with Gasteiger partial charge in [-0.25, -0.2) is 4.39 Å². The highest BCUT2D eigenvalue weighted by Gasteiger charge is 2.39. The monoisotopic (exact) mass is 298 g/mol. The molecule has 0 saturated carbocycles. The number of rotatable bonds is 3. The van der Waals surface area contributed by atoms with Crippen molar-refractivity contribution in [3.63, 3.8) is 0 Å². The molecule has 0 aliphatic carbocycles. The van der Waals surface area contributed by atoms with Gasteiger partial charge in [-0.05, 0) is 40.8 Å². The van der Waals surface area contributed by atoms with Gasteiger partial charge in [0.2, 0.25) is 0 Å². The molecule has 0 spiro atoms. The largest absolute Gasteiger partial charge is 0.418 e. The van der Waals surface area contributed by atoms with Gasteiger partial charge in [0.1, 0.15) is 5.82 Å². The Balaban J connectivity index is 2.31. The van der Waals surface area contributed by atoms with E-state index in [1.54, 1.807) is 12.1 Å². The van der Waals surface area contributed by atoms with E-state index in [1.807, 2.05) is 6.92 Å². The third-order valence-electron chi connectivity index (χ3n) is 3.30. The van der Waals surface area contributed by atoms with Crippen LogP contribution in [0.3, 0.4) is 0 Å². The summed E-state index contributed by atoms with van der Waals surface area (Å²) in [6.45, 7) is 1.82. The predicted molar refractivity (Wildman–Crippen MR) is 72.2 cm³/mol. The molecule has 1 atom stereocenters. The highest BCUT2D eigenvalue weighted by molar-refractivity contribution is 5.64. The fourth-order valence-electron chi connectivity index (χ4n) is 2.07. The van der Waals surface area contributed by atoms with E-state index >= 15 is 0 Å². The molecule has 112 valence electrons.